The molecule has 0 spiro atoms. The zero-order valence-corrected chi connectivity index (χ0v) is 13.1. The van der Waals surface area contributed by atoms with Crippen LogP contribution < -0.4 is 10.1 Å². The molecule has 1 heterocycles. The van der Waals surface area contributed by atoms with Crippen LogP contribution in [0, 0.1) is 5.82 Å². The van der Waals surface area contributed by atoms with Gasteiger partial charge in [0, 0.05) is 6.08 Å². The summed E-state index contributed by atoms with van der Waals surface area (Å²) in [6.45, 7) is 0. The molecule has 3 rings (SSSR count). The molecule has 1 N–H and O–H groups in total. The van der Waals surface area contributed by atoms with Gasteiger partial charge in [-0.1, -0.05) is 23.5 Å². The minimum Gasteiger partial charge on any atom is -0.497 e. The molecule has 0 saturated carbocycles. The third kappa shape index (κ3) is 3.73. The fourth-order valence-electron chi connectivity index (χ4n) is 2.01. The normalized spacial score (nSPS) is 11.0. The maximum Gasteiger partial charge on any atom is 0.250 e. The van der Waals surface area contributed by atoms with Crippen molar-refractivity contribution in [2.75, 3.05) is 12.4 Å². The van der Waals surface area contributed by atoms with Crippen LogP contribution in [0.25, 0.3) is 16.3 Å². The number of halogens is 1. The zero-order chi connectivity index (χ0) is 16.2. The van der Waals surface area contributed by atoms with Crippen molar-refractivity contribution in [1.29, 1.82) is 0 Å². The molecule has 0 aliphatic carbocycles. The molecular weight excluding hydrogens is 315 g/mol. The number of carbonyl (C=O) groups is 1. The van der Waals surface area contributed by atoms with Gasteiger partial charge in [-0.2, -0.15) is 0 Å². The first-order valence-corrected chi connectivity index (χ1v) is 7.65. The summed E-state index contributed by atoms with van der Waals surface area (Å²) in [5, 5.41) is 3.20. The fourth-order valence-corrected chi connectivity index (χ4v) is 2.91. The molecule has 0 bridgehead atoms. The van der Waals surface area contributed by atoms with Gasteiger partial charge in [0.2, 0.25) is 5.91 Å². The van der Waals surface area contributed by atoms with Gasteiger partial charge < -0.3 is 4.74 Å². The molecule has 1 amide bonds. The maximum atomic E-state index is 13.1. The number of hydrogen-bond acceptors (Lipinski definition) is 4. The lowest BCUT2D eigenvalue weighted by Gasteiger charge is -1.96. The molecule has 1 aromatic heterocycles. The molecule has 0 unspecified atom stereocenters. The van der Waals surface area contributed by atoms with E-state index in [1.54, 1.807) is 25.3 Å². The molecular formula is C17H13FN2O2S. The lowest BCUT2D eigenvalue weighted by atomic mass is 10.2. The summed E-state index contributed by atoms with van der Waals surface area (Å²) in [5.74, 6) is 0.0815. The molecule has 0 fully saturated rings. The molecule has 0 radical (unpaired) electrons. The Morgan fingerprint density at radius 1 is 1.30 bits per heavy atom. The second-order valence-electron chi connectivity index (χ2n) is 4.73. The summed E-state index contributed by atoms with van der Waals surface area (Å²) < 4.78 is 19.1. The van der Waals surface area contributed by atoms with E-state index in [0.29, 0.717) is 10.7 Å². The first kappa shape index (κ1) is 15.2. The van der Waals surface area contributed by atoms with Crippen LogP contribution in [0.3, 0.4) is 0 Å². The monoisotopic (exact) mass is 328 g/mol. The summed E-state index contributed by atoms with van der Waals surface area (Å²) in [4.78, 5) is 16.3. The van der Waals surface area contributed by atoms with Crippen molar-refractivity contribution in [1.82, 2.24) is 4.98 Å². The summed E-state index contributed by atoms with van der Waals surface area (Å²) in [5.41, 5.74) is 1.41. The summed E-state index contributed by atoms with van der Waals surface area (Å²) in [6, 6.07) is 11.5. The number of nitrogens with zero attached hydrogens (tertiary/aromatic N) is 1. The Bertz CT molecular complexity index is 889. The lowest BCUT2D eigenvalue weighted by Crippen LogP contribution is -2.07. The van der Waals surface area contributed by atoms with Crippen molar-refractivity contribution >= 4 is 38.7 Å². The lowest BCUT2D eigenvalue weighted by molar-refractivity contribution is -0.111. The van der Waals surface area contributed by atoms with Crippen molar-refractivity contribution in [2.45, 2.75) is 0 Å². The first-order valence-electron chi connectivity index (χ1n) is 6.83. The van der Waals surface area contributed by atoms with E-state index in [2.05, 4.69) is 10.3 Å². The minimum absolute atomic E-state index is 0.319. The van der Waals surface area contributed by atoms with Crippen molar-refractivity contribution in [3.05, 3.63) is 59.9 Å². The zero-order valence-electron chi connectivity index (χ0n) is 12.2. The predicted molar refractivity (Wildman–Crippen MR) is 90.2 cm³/mol. The Morgan fingerprint density at radius 3 is 2.96 bits per heavy atom. The first-order chi connectivity index (χ1) is 11.1. The summed E-state index contributed by atoms with van der Waals surface area (Å²) in [7, 11) is 1.60. The van der Waals surface area contributed by atoms with E-state index in [4.69, 9.17) is 4.74 Å². The fraction of sp³-hybridized carbons (Fsp3) is 0.0588. The van der Waals surface area contributed by atoms with Crippen LogP contribution in [0.2, 0.25) is 0 Å². The van der Waals surface area contributed by atoms with Gasteiger partial charge in [0.25, 0.3) is 0 Å². The van der Waals surface area contributed by atoms with E-state index >= 15 is 0 Å². The standard InChI is InChI=1S/C17H13FN2O2S/c1-22-13-6-7-14-15(10-13)23-17(19-14)20-16(21)8-5-11-3-2-4-12(18)9-11/h2-10H,1H3,(H,19,20,21)/b8-5+. The molecule has 0 saturated heterocycles. The third-order valence-corrected chi connectivity index (χ3v) is 4.04. The number of fused-ring (bicyclic) bond motifs is 1. The van der Waals surface area contributed by atoms with Gasteiger partial charge in [-0.15, -0.1) is 0 Å². The van der Waals surface area contributed by atoms with Gasteiger partial charge in [-0.3, -0.25) is 10.1 Å². The number of thiazole rings is 1. The number of ether oxygens (including phenoxy) is 1. The number of aromatic nitrogens is 1. The van der Waals surface area contributed by atoms with Crippen molar-refractivity contribution in [3.63, 3.8) is 0 Å². The topological polar surface area (TPSA) is 51.2 Å². The van der Waals surface area contributed by atoms with Gasteiger partial charge in [0.05, 0.1) is 17.3 Å². The van der Waals surface area contributed by atoms with Gasteiger partial charge in [-0.05, 0) is 42.0 Å². The summed E-state index contributed by atoms with van der Waals surface area (Å²) in [6.07, 6.45) is 2.90. The van der Waals surface area contributed by atoms with Crippen LogP contribution in [-0.2, 0) is 4.79 Å². The highest BCUT2D eigenvalue weighted by Gasteiger charge is 2.07. The van der Waals surface area contributed by atoms with Crippen LogP contribution in [0.15, 0.2) is 48.5 Å². The van der Waals surface area contributed by atoms with E-state index in [-0.39, 0.29) is 11.7 Å². The van der Waals surface area contributed by atoms with Crippen molar-refractivity contribution < 1.29 is 13.9 Å². The largest absolute Gasteiger partial charge is 0.497 e. The molecule has 0 atom stereocenters. The van der Waals surface area contributed by atoms with E-state index in [9.17, 15) is 9.18 Å². The third-order valence-electron chi connectivity index (χ3n) is 3.10. The Morgan fingerprint density at radius 2 is 2.17 bits per heavy atom. The number of rotatable bonds is 4. The van der Waals surface area contributed by atoms with E-state index in [1.807, 2.05) is 18.2 Å². The molecule has 3 aromatic rings. The Hall–Kier alpha value is -2.73. The number of anilines is 1. The second kappa shape index (κ2) is 6.58. The van der Waals surface area contributed by atoms with Gasteiger partial charge in [0.15, 0.2) is 5.13 Å². The van der Waals surface area contributed by atoms with Crippen molar-refractivity contribution in [3.8, 4) is 5.75 Å². The molecule has 23 heavy (non-hydrogen) atoms. The molecule has 6 heteroatoms. The minimum atomic E-state index is -0.340. The van der Waals surface area contributed by atoms with Crippen LogP contribution in [0.5, 0.6) is 5.75 Å². The SMILES string of the molecule is COc1ccc2nc(NC(=O)/C=C/c3cccc(F)c3)sc2c1. The van der Waals surface area contributed by atoms with E-state index < -0.39 is 0 Å². The number of amides is 1. The Balaban J connectivity index is 1.72. The molecule has 0 aliphatic rings. The Kier molecular flexibility index (Phi) is 4.34. The van der Waals surface area contributed by atoms with Crippen LogP contribution >= 0.6 is 11.3 Å². The highest BCUT2D eigenvalue weighted by atomic mass is 32.1. The quantitative estimate of drug-likeness (QED) is 0.734. The maximum absolute atomic E-state index is 13.1. The van der Waals surface area contributed by atoms with Crippen molar-refractivity contribution in [2.24, 2.45) is 0 Å². The smallest absolute Gasteiger partial charge is 0.250 e. The average molecular weight is 328 g/mol. The van der Waals surface area contributed by atoms with Gasteiger partial charge in [-0.25, -0.2) is 9.37 Å². The highest BCUT2D eigenvalue weighted by Crippen LogP contribution is 2.29. The predicted octanol–water partition coefficient (Wildman–Crippen LogP) is 4.10. The number of nitrogens with one attached hydrogen (secondary N) is 1. The number of hydrogen-bond donors (Lipinski definition) is 1. The van der Waals surface area contributed by atoms with E-state index in [0.717, 1.165) is 16.0 Å². The average Bonchev–Trinajstić information content (AvgIpc) is 2.94. The van der Waals surface area contributed by atoms with Gasteiger partial charge in [0.1, 0.15) is 11.6 Å². The van der Waals surface area contributed by atoms with Crippen LogP contribution in [-0.4, -0.2) is 18.0 Å². The molecule has 0 aliphatic heterocycles. The summed E-state index contributed by atoms with van der Waals surface area (Å²) >= 11 is 1.36. The molecule has 4 nitrogen and oxygen atoms in total. The number of methoxy groups -OCH3 is 1. The van der Waals surface area contributed by atoms with E-state index in [1.165, 1.54) is 29.5 Å². The van der Waals surface area contributed by atoms with Crippen LogP contribution in [0.4, 0.5) is 9.52 Å². The van der Waals surface area contributed by atoms with Gasteiger partial charge >= 0.3 is 0 Å². The molecule has 2 aromatic carbocycles. The number of carbonyl (C=O) groups excluding carboxylic acids is 1. The highest BCUT2D eigenvalue weighted by molar-refractivity contribution is 7.22. The molecule has 116 valence electrons. The van der Waals surface area contributed by atoms with Crippen LogP contribution in [0.1, 0.15) is 5.56 Å². The Labute approximate surface area is 136 Å². The number of benzene rings is 2. The second-order valence-corrected chi connectivity index (χ2v) is 5.76.